The molecule has 0 radical (unpaired) electrons. The summed E-state index contributed by atoms with van der Waals surface area (Å²) >= 11 is 0. The van der Waals surface area contributed by atoms with Gasteiger partial charge >= 0.3 is 6.09 Å². The van der Waals surface area contributed by atoms with Gasteiger partial charge in [-0.1, -0.05) is 18.2 Å². The predicted octanol–water partition coefficient (Wildman–Crippen LogP) is 2.11. The molecule has 0 saturated heterocycles. The average molecular weight is 302 g/mol. The quantitative estimate of drug-likeness (QED) is 0.837. The van der Waals surface area contributed by atoms with Gasteiger partial charge in [0.05, 0.1) is 11.1 Å². The van der Waals surface area contributed by atoms with Crippen LogP contribution in [0.15, 0.2) is 24.3 Å². The van der Waals surface area contributed by atoms with Gasteiger partial charge in [0.15, 0.2) is 0 Å². The molecular formula is C16H18N2O4. The van der Waals surface area contributed by atoms with E-state index >= 15 is 0 Å². The molecule has 1 aromatic rings. The van der Waals surface area contributed by atoms with Crippen LogP contribution in [0.4, 0.5) is 4.79 Å². The molecule has 1 aliphatic rings. The third kappa shape index (κ3) is 3.94. The number of benzene rings is 1. The van der Waals surface area contributed by atoms with E-state index < -0.39 is 11.7 Å². The van der Waals surface area contributed by atoms with E-state index in [4.69, 9.17) is 4.74 Å². The van der Waals surface area contributed by atoms with Gasteiger partial charge in [0.25, 0.3) is 11.8 Å². The molecule has 22 heavy (non-hydrogen) atoms. The first-order valence-corrected chi connectivity index (χ1v) is 6.89. The number of fused-ring (bicyclic) bond motifs is 1. The average Bonchev–Trinajstić information content (AvgIpc) is 2.68. The van der Waals surface area contributed by atoms with Gasteiger partial charge < -0.3 is 10.1 Å². The Kier molecular flexibility index (Phi) is 4.30. The van der Waals surface area contributed by atoms with Crippen LogP contribution in [0.5, 0.6) is 0 Å². The summed E-state index contributed by atoms with van der Waals surface area (Å²) in [5.74, 6) is -0.760. The molecule has 6 nitrogen and oxygen atoms in total. The van der Waals surface area contributed by atoms with Gasteiger partial charge in [0.2, 0.25) is 0 Å². The van der Waals surface area contributed by atoms with Crippen LogP contribution in [0.1, 0.15) is 47.1 Å². The van der Waals surface area contributed by atoms with Crippen molar-refractivity contribution < 1.29 is 19.1 Å². The number of hydrogen-bond donors (Lipinski definition) is 2. The minimum atomic E-state index is -0.534. The van der Waals surface area contributed by atoms with Crippen molar-refractivity contribution in [3.63, 3.8) is 0 Å². The number of carbonyl (C=O) groups is 3. The van der Waals surface area contributed by atoms with Gasteiger partial charge in [-0.15, -0.1) is 0 Å². The molecule has 0 spiro atoms. The Morgan fingerprint density at radius 1 is 1.23 bits per heavy atom. The lowest BCUT2D eigenvalue weighted by Gasteiger charge is -2.19. The van der Waals surface area contributed by atoms with Crippen LogP contribution in [-0.2, 0) is 4.74 Å². The third-order valence-corrected chi connectivity index (χ3v) is 2.83. The predicted molar refractivity (Wildman–Crippen MR) is 81.5 cm³/mol. The van der Waals surface area contributed by atoms with Gasteiger partial charge in [0.1, 0.15) is 5.60 Å². The van der Waals surface area contributed by atoms with E-state index in [2.05, 4.69) is 10.6 Å². The van der Waals surface area contributed by atoms with Crippen LogP contribution in [0.3, 0.4) is 0 Å². The Morgan fingerprint density at radius 3 is 2.59 bits per heavy atom. The normalized spacial score (nSPS) is 14.0. The van der Waals surface area contributed by atoms with E-state index in [1.807, 2.05) is 0 Å². The summed E-state index contributed by atoms with van der Waals surface area (Å²) in [5.41, 5.74) is 0.990. The standard InChI is InChI=1S/C16H18N2O4/c1-16(2,3)22-15(21)17-8-4-5-10-6-7-11-12(9-10)14(20)18-13(11)19/h4-7,9H,8H2,1-3H3,(H,17,21)(H,18,19,20). The highest BCUT2D eigenvalue weighted by Crippen LogP contribution is 2.18. The van der Waals surface area contributed by atoms with E-state index in [0.717, 1.165) is 5.56 Å². The van der Waals surface area contributed by atoms with Crippen molar-refractivity contribution in [1.29, 1.82) is 0 Å². The summed E-state index contributed by atoms with van der Waals surface area (Å²) in [6.07, 6.45) is 3.00. The molecule has 116 valence electrons. The van der Waals surface area contributed by atoms with Crippen molar-refractivity contribution in [2.75, 3.05) is 6.54 Å². The second-order valence-corrected chi connectivity index (χ2v) is 5.87. The topological polar surface area (TPSA) is 84.5 Å². The maximum atomic E-state index is 11.6. The zero-order valence-electron chi connectivity index (χ0n) is 12.7. The number of rotatable bonds is 3. The Balaban J connectivity index is 1.92. The fraction of sp³-hybridized carbons (Fsp3) is 0.312. The maximum absolute atomic E-state index is 11.6. The molecule has 0 saturated carbocycles. The summed E-state index contributed by atoms with van der Waals surface area (Å²) in [6, 6.07) is 4.98. The molecule has 0 atom stereocenters. The van der Waals surface area contributed by atoms with Crippen molar-refractivity contribution in [2.24, 2.45) is 0 Å². The first kappa shape index (κ1) is 15.8. The highest BCUT2D eigenvalue weighted by atomic mass is 16.6. The summed E-state index contributed by atoms with van der Waals surface area (Å²) in [5, 5.41) is 4.83. The molecule has 1 aromatic carbocycles. The minimum Gasteiger partial charge on any atom is -0.444 e. The molecule has 2 N–H and O–H groups in total. The maximum Gasteiger partial charge on any atom is 0.407 e. The van der Waals surface area contributed by atoms with E-state index in [1.54, 1.807) is 51.1 Å². The Hall–Kier alpha value is -2.63. The number of ether oxygens (including phenoxy) is 1. The van der Waals surface area contributed by atoms with Crippen LogP contribution in [0.2, 0.25) is 0 Å². The lowest BCUT2D eigenvalue weighted by Crippen LogP contribution is -2.32. The molecule has 0 bridgehead atoms. The number of alkyl carbamates (subject to hydrolysis) is 1. The molecule has 6 heteroatoms. The fourth-order valence-corrected chi connectivity index (χ4v) is 1.94. The first-order valence-electron chi connectivity index (χ1n) is 6.89. The highest BCUT2D eigenvalue weighted by molar-refractivity contribution is 6.21. The number of nitrogens with one attached hydrogen (secondary N) is 2. The van der Waals surface area contributed by atoms with Crippen molar-refractivity contribution in [3.05, 3.63) is 41.0 Å². The van der Waals surface area contributed by atoms with E-state index in [9.17, 15) is 14.4 Å². The first-order chi connectivity index (χ1) is 10.3. The Morgan fingerprint density at radius 2 is 1.91 bits per heavy atom. The zero-order valence-corrected chi connectivity index (χ0v) is 12.7. The van der Waals surface area contributed by atoms with E-state index in [0.29, 0.717) is 17.7 Å². The molecule has 0 unspecified atom stereocenters. The van der Waals surface area contributed by atoms with Crippen LogP contribution in [0.25, 0.3) is 6.08 Å². The van der Waals surface area contributed by atoms with E-state index in [-0.39, 0.29) is 11.8 Å². The smallest absolute Gasteiger partial charge is 0.407 e. The van der Waals surface area contributed by atoms with Crippen LogP contribution in [0, 0.1) is 0 Å². The van der Waals surface area contributed by atoms with Gasteiger partial charge in [-0.25, -0.2) is 4.79 Å². The summed E-state index contributed by atoms with van der Waals surface area (Å²) in [6.45, 7) is 5.68. The molecule has 3 amide bonds. The summed E-state index contributed by atoms with van der Waals surface area (Å²) < 4.78 is 5.10. The van der Waals surface area contributed by atoms with Gasteiger partial charge in [-0.05, 0) is 38.5 Å². The summed E-state index contributed by atoms with van der Waals surface area (Å²) in [7, 11) is 0. The molecule has 1 aliphatic heterocycles. The fourth-order valence-electron chi connectivity index (χ4n) is 1.94. The molecule has 1 heterocycles. The van der Waals surface area contributed by atoms with Gasteiger partial charge in [0, 0.05) is 6.54 Å². The largest absolute Gasteiger partial charge is 0.444 e. The number of amides is 3. The van der Waals surface area contributed by atoms with Gasteiger partial charge in [-0.2, -0.15) is 0 Å². The molecule has 2 rings (SSSR count). The number of carbonyl (C=O) groups excluding carboxylic acids is 3. The minimum absolute atomic E-state index is 0.303. The van der Waals surface area contributed by atoms with Crippen LogP contribution < -0.4 is 10.6 Å². The van der Waals surface area contributed by atoms with Crippen molar-refractivity contribution in [2.45, 2.75) is 26.4 Å². The van der Waals surface area contributed by atoms with Crippen molar-refractivity contribution in [3.8, 4) is 0 Å². The van der Waals surface area contributed by atoms with Crippen LogP contribution >= 0.6 is 0 Å². The third-order valence-electron chi connectivity index (χ3n) is 2.83. The van der Waals surface area contributed by atoms with E-state index in [1.165, 1.54) is 0 Å². The number of hydrogen-bond acceptors (Lipinski definition) is 4. The highest BCUT2D eigenvalue weighted by Gasteiger charge is 2.26. The van der Waals surface area contributed by atoms with Crippen LogP contribution in [-0.4, -0.2) is 30.1 Å². The molecule has 0 fully saturated rings. The SMILES string of the molecule is CC(C)(C)OC(=O)NCC=Cc1ccc2c(c1)C(=O)NC2=O. The molecule has 0 aliphatic carbocycles. The Labute approximate surface area is 128 Å². The Bertz CT molecular complexity index is 657. The lowest BCUT2D eigenvalue weighted by atomic mass is 10.1. The number of imide groups is 1. The second-order valence-electron chi connectivity index (χ2n) is 5.87. The monoisotopic (exact) mass is 302 g/mol. The van der Waals surface area contributed by atoms with Crippen molar-refractivity contribution in [1.82, 2.24) is 10.6 Å². The zero-order chi connectivity index (χ0) is 16.3. The second kappa shape index (κ2) is 6.01. The van der Waals surface area contributed by atoms with Gasteiger partial charge in [-0.3, -0.25) is 14.9 Å². The summed E-state index contributed by atoms with van der Waals surface area (Å²) in [4.78, 5) is 34.4. The molecular weight excluding hydrogens is 284 g/mol. The lowest BCUT2D eigenvalue weighted by molar-refractivity contribution is 0.0533. The van der Waals surface area contributed by atoms with Crippen molar-refractivity contribution >= 4 is 24.0 Å². The molecule has 0 aromatic heterocycles.